The molecule has 0 aliphatic carbocycles. The van der Waals surface area contributed by atoms with Crippen LogP contribution in [0, 0.1) is 0 Å². The summed E-state index contributed by atoms with van der Waals surface area (Å²) in [7, 11) is 0. The Balaban J connectivity index is 2.05. The molecular weight excluding hydrogens is 399 g/mol. The van der Waals surface area contributed by atoms with Crippen molar-refractivity contribution in [3.63, 3.8) is 0 Å². The van der Waals surface area contributed by atoms with E-state index >= 15 is 0 Å². The lowest BCUT2D eigenvalue weighted by molar-refractivity contribution is -0.132. The lowest BCUT2D eigenvalue weighted by Crippen LogP contribution is -2.26. The number of thioether (sulfide) groups is 2. The summed E-state index contributed by atoms with van der Waals surface area (Å²) >= 11 is 0.996. The summed E-state index contributed by atoms with van der Waals surface area (Å²) in [5, 5.41) is 9.03. The Morgan fingerprint density at radius 1 is 1.04 bits per heavy atom. The van der Waals surface area contributed by atoms with Gasteiger partial charge in [-0.3, -0.25) is 0 Å². The third kappa shape index (κ3) is 6.42. The van der Waals surface area contributed by atoms with Crippen LogP contribution in [0.1, 0.15) is 5.56 Å². The normalized spacial score (nSPS) is 12.4. The fourth-order valence-electron chi connectivity index (χ4n) is 2.09. The first-order valence-corrected chi connectivity index (χ1v) is 9.27. The van der Waals surface area contributed by atoms with E-state index in [-0.39, 0.29) is 27.4 Å². The molecule has 0 spiro atoms. The third-order valence-corrected chi connectivity index (χ3v) is 5.21. The summed E-state index contributed by atoms with van der Waals surface area (Å²) in [6, 6.07) is 13.5. The Bertz CT molecular complexity index is 823. The van der Waals surface area contributed by atoms with Gasteiger partial charge in [0.1, 0.15) is 10.7 Å². The standard InChI is InChI=1S/C17H16F3N3O2S2/c18-17(19,20)27-13-7-5-12(6-8-13)11-3-1-10(2-4-11)9-26-15(23-22)14(21)16(24)25/h1-8,23H,9,21-22H2,(H,24,25)/b15-14+. The Morgan fingerprint density at radius 3 is 2.00 bits per heavy atom. The maximum Gasteiger partial charge on any atom is 0.446 e. The molecule has 0 fully saturated rings. The largest absolute Gasteiger partial charge is 0.477 e. The highest BCUT2D eigenvalue weighted by Gasteiger charge is 2.29. The third-order valence-electron chi connectivity index (χ3n) is 3.36. The van der Waals surface area contributed by atoms with Crippen LogP contribution < -0.4 is 17.0 Å². The van der Waals surface area contributed by atoms with Gasteiger partial charge in [-0.25, -0.2) is 10.6 Å². The van der Waals surface area contributed by atoms with Gasteiger partial charge >= 0.3 is 11.5 Å². The Kier molecular flexibility index (Phi) is 7.05. The van der Waals surface area contributed by atoms with Gasteiger partial charge in [0.15, 0.2) is 0 Å². The van der Waals surface area contributed by atoms with Crippen molar-refractivity contribution < 1.29 is 23.1 Å². The van der Waals surface area contributed by atoms with Gasteiger partial charge in [-0.1, -0.05) is 36.4 Å². The first-order chi connectivity index (χ1) is 12.7. The molecule has 0 aliphatic heterocycles. The number of nitrogens with one attached hydrogen (secondary N) is 1. The maximum atomic E-state index is 12.4. The average Bonchev–Trinajstić information content (AvgIpc) is 2.62. The molecule has 0 unspecified atom stereocenters. The van der Waals surface area contributed by atoms with Gasteiger partial charge in [0.25, 0.3) is 0 Å². The number of aliphatic carboxylic acids is 1. The number of rotatable bonds is 7. The molecule has 0 amide bonds. The van der Waals surface area contributed by atoms with Crippen molar-refractivity contribution in [3.05, 3.63) is 64.8 Å². The molecule has 0 saturated carbocycles. The zero-order valence-electron chi connectivity index (χ0n) is 13.8. The monoisotopic (exact) mass is 415 g/mol. The predicted octanol–water partition coefficient (Wildman–Crippen LogP) is 3.87. The molecule has 0 heterocycles. The van der Waals surface area contributed by atoms with Crippen LogP contribution in [0.5, 0.6) is 0 Å². The van der Waals surface area contributed by atoms with Crippen LogP contribution in [0.3, 0.4) is 0 Å². The number of hydrogen-bond donors (Lipinski definition) is 4. The van der Waals surface area contributed by atoms with Gasteiger partial charge in [-0.15, -0.1) is 11.8 Å². The van der Waals surface area contributed by atoms with E-state index in [9.17, 15) is 18.0 Å². The van der Waals surface area contributed by atoms with Crippen LogP contribution >= 0.6 is 23.5 Å². The summed E-state index contributed by atoms with van der Waals surface area (Å²) < 4.78 is 37.1. The highest BCUT2D eigenvalue weighted by molar-refractivity contribution is 8.02. The smallest absolute Gasteiger partial charge is 0.446 e. The predicted molar refractivity (Wildman–Crippen MR) is 101 cm³/mol. The second-order valence-corrected chi connectivity index (χ2v) is 7.37. The Hall–Kier alpha value is -2.30. The minimum atomic E-state index is -4.31. The second kappa shape index (κ2) is 9.07. The highest BCUT2D eigenvalue weighted by Crippen LogP contribution is 2.37. The van der Waals surface area contributed by atoms with Gasteiger partial charge in [0.05, 0.1) is 0 Å². The Labute approximate surface area is 162 Å². The summed E-state index contributed by atoms with van der Waals surface area (Å²) in [5.41, 5.74) is 5.57. The van der Waals surface area contributed by atoms with Crippen LogP contribution in [0.25, 0.3) is 11.1 Å². The van der Waals surface area contributed by atoms with Gasteiger partial charge in [-0.2, -0.15) is 13.2 Å². The number of halogens is 3. The van der Waals surface area contributed by atoms with Crippen molar-refractivity contribution in [2.75, 3.05) is 0 Å². The van der Waals surface area contributed by atoms with Crippen molar-refractivity contribution in [3.8, 4) is 11.1 Å². The lowest BCUT2D eigenvalue weighted by Gasteiger charge is -2.09. The first kappa shape index (κ1) is 21.0. The topological polar surface area (TPSA) is 101 Å². The molecule has 0 saturated heterocycles. The molecule has 0 aliphatic rings. The quantitative estimate of drug-likeness (QED) is 0.236. The minimum absolute atomic E-state index is 0.129. The van der Waals surface area contributed by atoms with E-state index in [1.165, 1.54) is 12.1 Å². The van der Waals surface area contributed by atoms with Crippen molar-refractivity contribution >= 4 is 29.5 Å². The lowest BCUT2D eigenvalue weighted by atomic mass is 10.0. The number of alkyl halides is 3. The fourth-order valence-corrected chi connectivity index (χ4v) is 3.46. The maximum absolute atomic E-state index is 12.4. The molecule has 6 N–H and O–H groups in total. The molecule has 0 atom stereocenters. The Morgan fingerprint density at radius 2 is 1.56 bits per heavy atom. The second-order valence-electron chi connectivity index (χ2n) is 5.25. The number of hydrazine groups is 1. The molecule has 144 valence electrons. The summed E-state index contributed by atoms with van der Waals surface area (Å²) in [5.74, 6) is 4.46. The van der Waals surface area contributed by atoms with Crippen LogP contribution in [0.15, 0.2) is 64.2 Å². The van der Waals surface area contributed by atoms with E-state index in [0.29, 0.717) is 5.75 Å². The molecule has 2 aromatic rings. The number of nitrogens with two attached hydrogens (primary N) is 2. The minimum Gasteiger partial charge on any atom is -0.477 e. The SMILES string of the molecule is NN/C(SCc1ccc(-c2ccc(SC(F)(F)F)cc2)cc1)=C(\N)C(=O)O. The molecule has 5 nitrogen and oxygen atoms in total. The molecule has 27 heavy (non-hydrogen) atoms. The molecule has 0 bridgehead atoms. The fraction of sp³-hybridized carbons (Fsp3) is 0.118. The van der Waals surface area contributed by atoms with Crippen LogP contribution in [0.4, 0.5) is 13.2 Å². The summed E-state index contributed by atoms with van der Waals surface area (Å²) in [4.78, 5) is 11.0. The van der Waals surface area contributed by atoms with E-state index in [1.54, 1.807) is 12.1 Å². The van der Waals surface area contributed by atoms with Gasteiger partial charge < -0.3 is 16.3 Å². The van der Waals surface area contributed by atoms with Gasteiger partial charge in [0.2, 0.25) is 0 Å². The number of carbonyl (C=O) groups is 1. The van der Waals surface area contributed by atoms with Crippen molar-refractivity contribution in [1.29, 1.82) is 0 Å². The van der Waals surface area contributed by atoms with Crippen molar-refractivity contribution in [2.45, 2.75) is 16.2 Å². The van der Waals surface area contributed by atoms with Crippen molar-refractivity contribution in [1.82, 2.24) is 5.43 Å². The zero-order chi connectivity index (χ0) is 20.0. The zero-order valence-corrected chi connectivity index (χ0v) is 15.4. The number of hydrogen-bond acceptors (Lipinski definition) is 6. The van der Waals surface area contributed by atoms with E-state index < -0.39 is 11.5 Å². The average molecular weight is 415 g/mol. The van der Waals surface area contributed by atoms with Crippen LogP contribution in [0.2, 0.25) is 0 Å². The van der Waals surface area contributed by atoms with Crippen LogP contribution in [-0.4, -0.2) is 16.6 Å². The number of carboxylic acid groups (broad SMARTS) is 1. The molecular formula is C17H16F3N3O2S2. The van der Waals surface area contributed by atoms with Crippen LogP contribution in [-0.2, 0) is 10.5 Å². The number of benzene rings is 2. The van der Waals surface area contributed by atoms with E-state index in [4.69, 9.17) is 16.7 Å². The van der Waals surface area contributed by atoms with E-state index in [0.717, 1.165) is 28.5 Å². The highest BCUT2D eigenvalue weighted by atomic mass is 32.2. The molecule has 2 rings (SSSR count). The molecule has 2 aromatic carbocycles. The molecule has 10 heteroatoms. The summed E-state index contributed by atoms with van der Waals surface area (Å²) in [6.07, 6.45) is 0. The van der Waals surface area contributed by atoms with E-state index in [1.807, 2.05) is 24.3 Å². The number of carboxylic acids is 1. The molecule has 0 radical (unpaired) electrons. The molecule has 0 aromatic heterocycles. The first-order valence-electron chi connectivity index (χ1n) is 7.47. The van der Waals surface area contributed by atoms with Gasteiger partial charge in [0, 0.05) is 10.6 Å². The van der Waals surface area contributed by atoms with Crippen molar-refractivity contribution in [2.24, 2.45) is 11.6 Å². The summed E-state index contributed by atoms with van der Waals surface area (Å²) in [6.45, 7) is 0. The van der Waals surface area contributed by atoms with Gasteiger partial charge in [-0.05, 0) is 40.6 Å². The van der Waals surface area contributed by atoms with E-state index in [2.05, 4.69) is 5.43 Å².